The van der Waals surface area contributed by atoms with Gasteiger partial charge in [-0.3, -0.25) is 0 Å². The molecule has 0 aliphatic rings. The second kappa shape index (κ2) is 12.7. The summed E-state index contributed by atoms with van der Waals surface area (Å²) in [6, 6.07) is 0.768. The van der Waals surface area contributed by atoms with Crippen molar-refractivity contribution in [1.82, 2.24) is 0 Å². The maximum Gasteiger partial charge on any atom is 0.501 e. The number of ether oxygens (including phenoxy) is 3. The molecule has 122 valence electrons. The van der Waals surface area contributed by atoms with Crippen molar-refractivity contribution in [3.63, 3.8) is 0 Å². The lowest BCUT2D eigenvalue weighted by Gasteiger charge is -2.31. The van der Waals surface area contributed by atoms with Gasteiger partial charge in [0.15, 0.2) is 0 Å². The van der Waals surface area contributed by atoms with Crippen molar-refractivity contribution in [3.05, 3.63) is 0 Å². The SMILES string of the molecule is COCCO[Si](CC(C)C)(OCCOC)OCCOC. The molecule has 0 N–H and O–H groups in total. The lowest BCUT2D eigenvalue weighted by atomic mass is 10.3. The molecule has 0 aromatic heterocycles. The molecule has 0 unspecified atom stereocenters. The molecule has 0 bridgehead atoms. The molecule has 0 rings (SSSR count). The summed E-state index contributed by atoms with van der Waals surface area (Å²) in [6.07, 6.45) is 0. The molecule has 0 aromatic carbocycles. The number of methoxy groups -OCH3 is 3. The maximum atomic E-state index is 5.93. The predicted octanol–water partition coefficient (Wildman–Crippen LogP) is 1.57. The smallest absolute Gasteiger partial charge is 0.382 e. The van der Waals surface area contributed by atoms with E-state index in [2.05, 4.69) is 13.8 Å². The molecule has 0 spiro atoms. The predicted molar refractivity (Wildman–Crippen MR) is 78.9 cm³/mol. The minimum absolute atomic E-state index is 0.425. The minimum Gasteiger partial charge on any atom is -0.382 e. The lowest BCUT2D eigenvalue weighted by molar-refractivity contribution is 0.0128. The van der Waals surface area contributed by atoms with Crippen LogP contribution in [0.2, 0.25) is 6.04 Å². The molecule has 6 nitrogen and oxygen atoms in total. The molecule has 7 heteroatoms. The van der Waals surface area contributed by atoms with Gasteiger partial charge in [0.2, 0.25) is 0 Å². The van der Waals surface area contributed by atoms with E-state index in [0.29, 0.717) is 45.6 Å². The van der Waals surface area contributed by atoms with Crippen molar-refractivity contribution < 1.29 is 27.5 Å². The van der Waals surface area contributed by atoms with Crippen LogP contribution in [-0.2, 0) is 27.5 Å². The summed E-state index contributed by atoms with van der Waals surface area (Å²) in [5, 5.41) is 0. The highest BCUT2D eigenvalue weighted by atomic mass is 28.4. The van der Waals surface area contributed by atoms with Crippen LogP contribution >= 0.6 is 0 Å². The van der Waals surface area contributed by atoms with Gasteiger partial charge in [0.1, 0.15) is 0 Å². The van der Waals surface area contributed by atoms with Crippen LogP contribution in [0.15, 0.2) is 0 Å². The Morgan fingerprint density at radius 3 is 1.25 bits per heavy atom. The van der Waals surface area contributed by atoms with Crippen LogP contribution in [0.5, 0.6) is 0 Å². The van der Waals surface area contributed by atoms with Crippen molar-refractivity contribution in [3.8, 4) is 0 Å². The van der Waals surface area contributed by atoms with Crippen molar-refractivity contribution >= 4 is 8.80 Å². The van der Waals surface area contributed by atoms with Crippen molar-refractivity contribution in [2.24, 2.45) is 5.92 Å². The third-order valence-electron chi connectivity index (χ3n) is 2.49. The van der Waals surface area contributed by atoms with Gasteiger partial charge in [0, 0.05) is 27.4 Å². The summed E-state index contributed by atoms with van der Waals surface area (Å²) < 4.78 is 32.9. The zero-order valence-corrected chi connectivity index (χ0v) is 14.5. The molecule has 0 aliphatic carbocycles. The molecule has 0 saturated carbocycles. The van der Waals surface area contributed by atoms with Crippen LogP contribution in [0.1, 0.15) is 13.8 Å². The van der Waals surface area contributed by atoms with Crippen LogP contribution < -0.4 is 0 Å². The molecular formula is C13H30O6Si. The highest BCUT2D eigenvalue weighted by Crippen LogP contribution is 2.21. The first kappa shape index (κ1) is 20.0. The summed E-state index contributed by atoms with van der Waals surface area (Å²) in [4.78, 5) is 0. The van der Waals surface area contributed by atoms with E-state index in [1.54, 1.807) is 21.3 Å². The largest absolute Gasteiger partial charge is 0.501 e. The first-order chi connectivity index (χ1) is 9.60. The van der Waals surface area contributed by atoms with Gasteiger partial charge in [-0.05, 0) is 5.92 Å². The third kappa shape index (κ3) is 9.81. The Morgan fingerprint density at radius 2 is 1.00 bits per heavy atom. The van der Waals surface area contributed by atoms with Crippen molar-refractivity contribution in [2.75, 3.05) is 61.0 Å². The maximum absolute atomic E-state index is 5.93. The summed E-state index contributed by atoms with van der Waals surface area (Å²) in [7, 11) is 2.23. The Balaban J connectivity index is 4.57. The quantitative estimate of drug-likeness (QED) is 0.358. The van der Waals surface area contributed by atoms with Gasteiger partial charge in [-0.25, -0.2) is 0 Å². The fraction of sp³-hybridized carbons (Fsp3) is 1.00. The van der Waals surface area contributed by atoms with Gasteiger partial charge in [-0.1, -0.05) is 13.8 Å². The molecule has 0 radical (unpaired) electrons. The molecule has 0 saturated heterocycles. The Hall–Kier alpha value is -0.0231. The van der Waals surface area contributed by atoms with E-state index < -0.39 is 8.80 Å². The first-order valence-electron chi connectivity index (χ1n) is 6.99. The Morgan fingerprint density at radius 1 is 0.650 bits per heavy atom. The highest BCUT2D eigenvalue weighted by molar-refractivity contribution is 6.60. The number of hydrogen-bond acceptors (Lipinski definition) is 6. The van der Waals surface area contributed by atoms with Gasteiger partial charge in [0.25, 0.3) is 0 Å². The van der Waals surface area contributed by atoms with Crippen LogP contribution in [0.3, 0.4) is 0 Å². The standard InChI is InChI=1S/C13H30O6Si/c1-13(2)12-20(17-9-6-14-3,18-10-7-15-4)19-11-8-16-5/h13H,6-12H2,1-5H3. The molecule has 0 amide bonds. The fourth-order valence-corrected chi connectivity index (χ4v) is 4.43. The van der Waals surface area contributed by atoms with Gasteiger partial charge in [-0.2, -0.15) is 0 Å². The average Bonchev–Trinajstić information content (AvgIpc) is 2.39. The van der Waals surface area contributed by atoms with Crippen molar-refractivity contribution in [2.45, 2.75) is 19.9 Å². The van der Waals surface area contributed by atoms with Crippen LogP contribution in [0, 0.1) is 5.92 Å². The van der Waals surface area contributed by atoms with Gasteiger partial charge in [0.05, 0.1) is 39.6 Å². The van der Waals surface area contributed by atoms with E-state index >= 15 is 0 Å². The molecule has 0 aliphatic heterocycles. The zero-order valence-electron chi connectivity index (χ0n) is 13.5. The van der Waals surface area contributed by atoms with E-state index in [4.69, 9.17) is 27.5 Å². The topological polar surface area (TPSA) is 55.4 Å². The van der Waals surface area contributed by atoms with E-state index in [1.165, 1.54) is 0 Å². The van der Waals surface area contributed by atoms with E-state index in [-0.39, 0.29) is 0 Å². The van der Waals surface area contributed by atoms with E-state index in [0.717, 1.165) is 6.04 Å². The van der Waals surface area contributed by atoms with Crippen molar-refractivity contribution in [1.29, 1.82) is 0 Å². The fourth-order valence-electron chi connectivity index (χ4n) is 1.64. The van der Waals surface area contributed by atoms with Gasteiger partial charge < -0.3 is 27.5 Å². The third-order valence-corrected chi connectivity index (χ3v) is 5.73. The molecule has 0 aromatic rings. The summed E-state index contributed by atoms with van der Waals surface area (Å²) in [5.41, 5.74) is 0. The molecule has 0 heterocycles. The Bertz CT molecular complexity index is 189. The Kier molecular flexibility index (Phi) is 12.7. The van der Waals surface area contributed by atoms with Crippen LogP contribution in [0.4, 0.5) is 0 Å². The molecular weight excluding hydrogens is 280 g/mol. The second-order valence-electron chi connectivity index (χ2n) is 4.80. The Labute approximate surface area is 124 Å². The van der Waals surface area contributed by atoms with Gasteiger partial charge in [-0.15, -0.1) is 0 Å². The highest BCUT2D eigenvalue weighted by Gasteiger charge is 2.42. The summed E-state index contributed by atoms with van der Waals surface area (Å²) in [5.74, 6) is 0.425. The normalized spacial score (nSPS) is 12.3. The molecule has 0 fully saturated rings. The van der Waals surface area contributed by atoms with E-state index in [9.17, 15) is 0 Å². The number of hydrogen-bond donors (Lipinski definition) is 0. The summed E-state index contributed by atoms with van der Waals surface area (Å²) in [6.45, 7) is 7.22. The molecule has 20 heavy (non-hydrogen) atoms. The van der Waals surface area contributed by atoms with E-state index in [1.807, 2.05) is 0 Å². The average molecular weight is 310 g/mol. The first-order valence-corrected chi connectivity index (χ1v) is 8.92. The monoisotopic (exact) mass is 310 g/mol. The van der Waals surface area contributed by atoms with Crippen LogP contribution in [-0.4, -0.2) is 69.8 Å². The summed E-state index contributed by atoms with van der Waals surface area (Å²) >= 11 is 0. The second-order valence-corrected chi connectivity index (χ2v) is 7.45. The number of rotatable bonds is 14. The minimum atomic E-state index is -2.71. The lowest BCUT2D eigenvalue weighted by Crippen LogP contribution is -2.48. The molecule has 0 atom stereocenters. The van der Waals surface area contributed by atoms with Crippen LogP contribution in [0.25, 0.3) is 0 Å². The van der Waals surface area contributed by atoms with Gasteiger partial charge >= 0.3 is 8.80 Å². The zero-order chi connectivity index (χ0) is 15.3.